The molecular weight excluding hydrogens is 354 g/mol. The van der Waals surface area contributed by atoms with Crippen LogP contribution in [0.15, 0.2) is 51.8 Å². The summed E-state index contributed by atoms with van der Waals surface area (Å²) in [7, 11) is 0. The fraction of sp³-hybridized carbons (Fsp3) is 0. The third-order valence-electron chi connectivity index (χ3n) is 2.47. The zero-order valence-corrected chi connectivity index (χ0v) is 13.0. The molecule has 3 N–H and O–H groups in total. The molecule has 0 aromatic heterocycles. The highest BCUT2D eigenvalue weighted by molar-refractivity contribution is 9.10. The van der Waals surface area contributed by atoms with Gasteiger partial charge in [-0.25, -0.2) is 4.79 Å². The van der Waals surface area contributed by atoms with E-state index in [1.54, 1.807) is 0 Å². The van der Waals surface area contributed by atoms with Crippen molar-refractivity contribution < 1.29 is 9.90 Å². The van der Waals surface area contributed by atoms with E-state index in [1.165, 1.54) is 18.2 Å². The Balaban J connectivity index is 1.96. The van der Waals surface area contributed by atoms with Crippen molar-refractivity contribution in [1.82, 2.24) is 4.72 Å². The van der Waals surface area contributed by atoms with Crippen LogP contribution < -0.4 is 10.0 Å². The number of aromatic hydroxyl groups is 1. The second-order valence-corrected chi connectivity index (χ2v) is 5.63. The Morgan fingerprint density at radius 1 is 1.29 bits per heavy atom. The van der Waals surface area contributed by atoms with Crippen molar-refractivity contribution in [1.29, 1.82) is 5.26 Å². The molecule has 2 rings (SSSR count). The van der Waals surface area contributed by atoms with Gasteiger partial charge in [0.05, 0.1) is 17.3 Å². The molecule has 0 fully saturated rings. The molecule has 0 radical (unpaired) electrons. The number of hydrogen-bond acceptors (Lipinski definition) is 4. The van der Waals surface area contributed by atoms with Gasteiger partial charge >= 0.3 is 6.03 Å². The molecule has 0 aliphatic heterocycles. The zero-order chi connectivity index (χ0) is 15.2. The molecule has 0 bridgehead atoms. The lowest BCUT2D eigenvalue weighted by atomic mass is 10.2. The number of urea groups is 1. The lowest BCUT2D eigenvalue weighted by Crippen LogP contribution is -2.22. The maximum Gasteiger partial charge on any atom is 0.329 e. The molecule has 0 aliphatic carbocycles. The van der Waals surface area contributed by atoms with Crippen molar-refractivity contribution in [3.8, 4) is 11.8 Å². The second kappa shape index (κ2) is 7.02. The van der Waals surface area contributed by atoms with Gasteiger partial charge in [-0.05, 0) is 58.2 Å². The third-order valence-corrected chi connectivity index (χ3v) is 4.28. The van der Waals surface area contributed by atoms with E-state index in [1.807, 2.05) is 30.3 Å². The third kappa shape index (κ3) is 4.15. The number of halogens is 1. The molecule has 0 saturated heterocycles. The number of nitrogens with one attached hydrogen (secondary N) is 2. The summed E-state index contributed by atoms with van der Waals surface area (Å²) in [5.74, 6) is -0.157. The monoisotopic (exact) mass is 363 g/mol. The number of amides is 2. The molecule has 2 aromatic carbocycles. The Hall–Kier alpha value is -2.17. The summed E-state index contributed by atoms with van der Waals surface area (Å²) in [6.45, 7) is 0. The van der Waals surface area contributed by atoms with E-state index in [-0.39, 0.29) is 11.4 Å². The van der Waals surface area contributed by atoms with Gasteiger partial charge in [0.15, 0.2) is 0 Å². The lowest BCUT2D eigenvalue weighted by Gasteiger charge is -2.09. The van der Waals surface area contributed by atoms with Crippen LogP contribution in [-0.2, 0) is 0 Å². The van der Waals surface area contributed by atoms with Crippen LogP contribution in [0.4, 0.5) is 10.5 Å². The second-order valence-electron chi connectivity index (χ2n) is 3.93. The van der Waals surface area contributed by atoms with Gasteiger partial charge in [0.2, 0.25) is 0 Å². The highest BCUT2D eigenvalue weighted by Gasteiger charge is 2.08. The molecule has 0 unspecified atom stereocenters. The minimum atomic E-state index is -0.476. The molecule has 2 aromatic rings. The Labute approximate surface area is 134 Å². The largest absolute Gasteiger partial charge is 0.506 e. The van der Waals surface area contributed by atoms with Crippen molar-refractivity contribution in [2.24, 2.45) is 0 Å². The maximum atomic E-state index is 11.8. The van der Waals surface area contributed by atoms with E-state index in [9.17, 15) is 9.90 Å². The van der Waals surface area contributed by atoms with Crippen LogP contribution in [0.1, 0.15) is 5.56 Å². The molecule has 21 heavy (non-hydrogen) atoms. The van der Waals surface area contributed by atoms with E-state index in [0.717, 1.165) is 21.3 Å². The highest BCUT2D eigenvalue weighted by atomic mass is 79.9. The first-order valence-corrected chi connectivity index (χ1v) is 7.42. The van der Waals surface area contributed by atoms with Gasteiger partial charge in [-0.2, -0.15) is 5.26 Å². The fourth-order valence-electron chi connectivity index (χ4n) is 1.48. The van der Waals surface area contributed by atoms with Gasteiger partial charge in [0.25, 0.3) is 0 Å². The normalized spacial score (nSPS) is 9.71. The Kier molecular flexibility index (Phi) is 5.09. The number of phenols is 1. The van der Waals surface area contributed by atoms with Crippen molar-refractivity contribution in [3.05, 3.63) is 52.5 Å². The molecule has 106 valence electrons. The van der Waals surface area contributed by atoms with Crippen LogP contribution >= 0.6 is 27.9 Å². The molecule has 0 heterocycles. The summed E-state index contributed by atoms with van der Waals surface area (Å²) in [4.78, 5) is 12.6. The smallest absolute Gasteiger partial charge is 0.329 e. The summed E-state index contributed by atoms with van der Waals surface area (Å²) in [6, 6.07) is 13.2. The predicted molar refractivity (Wildman–Crippen MR) is 85.0 cm³/mol. The van der Waals surface area contributed by atoms with Gasteiger partial charge < -0.3 is 10.4 Å². The average molecular weight is 364 g/mol. The number of anilines is 1. The van der Waals surface area contributed by atoms with Crippen LogP contribution in [0, 0.1) is 11.3 Å². The predicted octanol–water partition coefficient (Wildman–Crippen LogP) is 3.86. The van der Waals surface area contributed by atoms with E-state index < -0.39 is 6.03 Å². The fourth-order valence-corrected chi connectivity index (χ4v) is 2.58. The Bertz CT molecular complexity index is 716. The van der Waals surface area contributed by atoms with Crippen molar-refractivity contribution >= 4 is 39.6 Å². The van der Waals surface area contributed by atoms with Gasteiger partial charge in [0.1, 0.15) is 5.75 Å². The summed E-state index contributed by atoms with van der Waals surface area (Å²) >= 11 is 4.52. The Morgan fingerprint density at radius 3 is 2.71 bits per heavy atom. The number of phenolic OH excluding ortho intramolecular Hbond substituents is 1. The molecule has 0 aliphatic rings. The van der Waals surface area contributed by atoms with Crippen molar-refractivity contribution in [3.63, 3.8) is 0 Å². The number of hydrogen-bond donors (Lipinski definition) is 3. The SMILES string of the molecule is N#Cc1ccc(NC(=O)NSc2ccccc2Br)c(O)c1. The zero-order valence-electron chi connectivity index (χ0n) is 10.6. The van der Waals surface area contributed by atoms with E-state index in [2.05, 4.69) is 26.0 Å². The topological polar surface area (TPSA) is 85.2 Å². The highest BCUT2D eigenvalue weighted by Crippen LogP contribution is 2.26. The van der Waals surface area contributed by atoms with E-state index in [4.69, 9.17) is 5.26 Å². The van der Waals surface area contributed by atoms with Gasteiger partial charge in [-0.15, -0.1) is 0 Å². The first-order chi connectivity index (χ1) is 10.1. The van der Waals surface area contributed by atoms with Gasteiger partial charge in [-0.3, -0.25) is 4.72 Å². The average Bonchev–Trinajstić information content (AvgIpc) is 2.48. The summed E-state index contributed by atoms with van der Waals surface area (Å²) in [5.41, 5.74) is 0.556. The minimum Gasteiger partial charge on any atom is -0.506 e. The first-order valence-electron chi connectivity index (χ1n) is 5.81. The first kappa shape index (κ1) is 15.2. The summed E-state index contributed by atoms with van der Waals surface area (Å²) in [5, 5.41) is 20.9. The number of carbonyl (C=O) groups excluding carboxylic acids is 1. The van der Waals surface area contributed by atoms with Gasteiger partial charge in [-0.1, -0.05) is 12.1 Å². The number of nitriles is 1. The Morgan fingerprint density at radius 2 is 2.05 bits per heavy atom. The van der Waals surface area contributed by atoms with Crippen LogP contribution in [0.2, 0.25) is 0 Å². The molecule has 2 amide bonds. The number of nitrogens with zero attached hydrogens (tertiary/aromatic N) is 1. The van der Waals surface area contributed by atoms with Crippen LogP contribution in [0.3, 0.4) is 0 Å². The number of carbonyl (C=O) groups is 1. The molecule has 0 atom stereocenters. The van der Waals surface area contributed by atoms with Crippen LogP contribution in [0.5, 0.6) is 5.75 Å². The lowest BCUT2D eigenvalue weighted by molar-refractivity contribution is 0.257. The molecule has 0 saturated carbocycles. The van der Waals surface area contributed by atoms with Crippen LogP contribution in [0.25, 0.3) is 0 Å². The number of rotatable bonds is 3. The standard InChI is InChI=1S/C14H10BrN3O2S/c15-10-3-1-2-4-13(10)21-18-14(20)17-11-6-5-9(8-16)7-12(11)19/h1-7,19H,(H2,17,18,20). The van der Waals surface area contributed by atoms with Crippen LogP contribution in [-0.4, -0.2) is 11.1 Å². The van der Waals surface area contributed by atoms with E-state index in [0.29, 0.717) is 5.56 Å². The van der Waals surface area contributed by atoms with E-state index >= 15 is 0 Å². The molecule has 7 heteroatoms. The molecular formula is C14H10BrN3O2S. The van der Waals surface area contributed by atoms with Crippen molar-refractivity contribution in [2.45, 2.75) is 4.90 Å². The summed E-state index contributed by atoms with van der Waals surface area (Å²) < 4.78 is 3.48. The van der Waals surface area contributed by atoms with Crippen molar-refractivity contribution in [2.75, 3.05) is 5.32 Å². The quantitative estimate of drug-likeness (QED) is 0.570. The summed E-state index contributed by atoms with van der Waals surface area (Å²) in [6.07, 6.45) is 0. The molecule has 0 spiro atoms. The number of benzene rings is 2. The maximum absolute atomic E-state index is 11.8. The molecule has 5 nitrogen and oxygen atoms in total. The minimum absolute atomic E-state index is 0.157. The van der Waals surface area contributed by atoms with Gasteiger partial charge in [0, 0.05) is 9.37 Å².